The molecule has 0 aromatic heterocycles. The van der Waals surface area contributed by atoms with Crippen LogP contribution in [0.4, 0.5) is 0 Å². The minimum atomic E-state index is 0.110. The van der Waals surface area contributed by atoms with Gasteiger partial charge in [0.1, 0.15) is 12.0 Å². The minimum absolute atomic E-state index is 0.110. The summed E-state index contributed by atoms with van der Waals surface area (Å²) in [4.78, 5) is 2.35. The fourth-order valence-electron chi connectivity index (χ4n) is 2.35. The highest BCUT2D eigenvalue weighted by Gasteiger charge is 2.28. The third kappa shape index (κ3) is 2.54. The summed E-state index contributed by atoms with van der Waals surface area (Å²) in [5, 5.41) is 0. The van der Waals surface area contributed by atoms with E-state index in [1.54, 1.807) is 0 Å². The summed E-state index contributed by atoms with van der Waals surface area (Å²) < 4.78 is 5.90. The number of nitrogens with zero attached hydrogens (tertiary/aromatic N) is 1. The molecule has 1 heterocycles. The topological polar surface area (TPSA) is 38.5 Å². The van der Waals surface area contributed by atoms with E-state index in [0.717, 1.165) is 18.8 Å². The van der Waals surface area contributed by atoms with Gasteiger partial charge in [-0.05, 0) is 31.9 Å². The first kappa shape index (κ1) is 11.4. The second-order valence-electron chi connectivity index (χ2n) is 4.30. The van der Waals surface area contributed by atoms with Gasteiger partial charge in [0.2, 0.25) is 0 Å². The van der Waals surface area contributed by atoms with E-state index in [-0.39, 0.29) is 6.23 Å². The summed E-state index contributed by atoms with van der Waals surface area (Å²) in [6, 6.07) is 10.4. The normalized spacial score (nSPS) is 23.2. The Kier molecular flexibility index (Phi) is 3.80. The fraction of sp³-hybridized carbons (Fsp3) is 0.538. The number of ether oxygens (including phenoxy) is 1. The van der Waals surface area contributed by atoms with Gasteiger partial charge >= 0.3 is 0 Å². The van der Waals surface area contributed by atoms with Crippen molar-refractivity contribution in [1.29, 1.82) is 0 Å². The van der Waals surface area contributed by atoms with Crippen molar-refractivity contribution in [1.82, 2.24) is 4.90 Å². The lowest BCUT2D eigenvalue weighted by Gasteiger charge is -2.30. The van der Waals surface area contributed by atoms with Gasteiger partial charge in [0.05, 0.1) is 0 Å². The first-order chi connectivity index (χ1) is 7.81. The largest absolute Gasteiger partial charge is 0.475 e. The summed E-state index contributed by atoms with van der Waals surface area (Å²) in [6.07, 6.45) is 2.53. The van der Waals surface area contributed by atoms with Gasteiger partial charge in [0.15, 0.2) is 0 Å². The highest BCUT2D eigenvalue weighted by Crippen LogP contribution is 2.21. The average Bonchev–Trinajstić information content (AvgIpc) is 2.78. The van der Waals surface area contributed by atoms with Crippen LogP contribution in [0.5, 0.6) is 5.75 Å². The maximum atomic E-state index is 5.90. The van der Waals surface area contributed by atoms with Crippen molar-refractivity contribution >= 4 is 0 Å². The molecular weight excluding hydrogens is 200 g/mol. The van der Waals surface area contributed by atoms with Crippen molar-refractivity contribution in [2.24, 2.45) is 5.73 Å². The minimum Gasteiger partial charge on any atom is -0.475 e. The molecule has 0 saturated carbocycles. The number of nitrogens with two attached hydrogens (primary N) is 1. The summed E-state index contributed by atoms with van der Waals surface area (Å²) in [5.74, 6) is 0.928. The monoisotopic (exact) mass is 220 g/mol. The average molecular weight is 220 g/mol. The quantitative estimate of drug-likeness (QED) is 0.841. The molecule has 2 rings (SSSR count). The van der Waals surface area contributed by atoms with Crippen LogP contribution in [0, 0.1) is 0 Å². The van der Waals surface area contributed by atoms with Gasteiger partial charge < -0.3 is 10.5 Å². The zero-order chi connectivity index (χ0) is 11.4. The molecule has 3 nitrogen and oxygen atoms in total. The summed E-state index contributed by atoms with van der Waals surface area (Å²) >= 11 is 0. The Morgan fingerprint density at radius 1 is 1.44 bits per heavy atom. The van der Waals surface area contributed by atoms with Crippen LogP contribution in [0.15, 0.2) is 30.3 Å². The van der Waals surface area contributed by atoms with Gasteiger partial charge in [-0.15, -0.1) is 0 Å². The molecule has 1 saturated heterocycles. The number of benzene rings is 1. The molecule has 1 aromatic rings. The van der Waals surface area contributed by atoms with Gasteiger partial charge in [0, 0.05) is 19.1 Å². The standard InChI is InChI=1S/C13H20N2O/c1-11(15-9-5-6-12(15)10-14)16-13-7-3-2-4-8-13/h2-4,7-8,11-12H,5-6,9-10,14H2,1H3. The maximum absolute atomic E-state index is 5.90. The molecule has 0 amide bonds. The predicted octanol–water partition coefficient (Wildman–Crippen LogP) is 1.83. The molecular formula is C13H20N2O. The lowest BCUT2D eigenvalue weighted by atomic mass is 10.2. The maximum Gasteiger partial charge on any atom is 0.150 e. The lowest BCUT2D eigenvalue weighted by molar-refractivity contribution is 0.0324. The first-order valence-corrected chi connectivity index (χ1v) is 5.99. The molecule has 1 aliphatic rings. The van der Waals surface area contributed by atoms with Gasteiger partial charge in [0.25, 0.3) is 0 Å². The molecule has 2 N–H and O–H groups in total. The second kappa shape index (κ2) is 5.32. The predicted molar refractivity (Wildman–Crippen MR) is 65.3 cm³/mol. The molecule has 0 aliphatic carbocycles. The highest BCUT2D eigenvalue weighted by molar-refractivity contribution is 5.21. The SMILES string of the molecule is CC(Oc1ccccc1)N1CCCC1CN. The van der Waals surface area contributed by atoms with E-state index in [1.165, 1.54) is 12.8 Å². The number of hydrogen-bond acceptors (Lipinski definition) is 3. The zero-order valence-electron chi connectivity index (χ0n) is 9.80. The molecule has 0 radical (unpaired) electrons. The third-order valence-corrected chi connectivity index (χ3v) is 3.21. The van der Waals surface area contributed by atoms with E-state index >= 15 is 0 Å². The summed E-state index contributed by atoms with van der Waals surface area (Å²) in [7, 11) is 0. The molecule has 2 unspecified atom stereocenters. The number of hydrogen-bond donors (Lipinski definition) is 1. The molecule has 1 aromatic carbocycles. The van der Waals surface area contributed by atoms with Crippen molar-refractivity contribution in [3.05, 3.63) is 30.3 Å². The Balaban J connectivity index is 1.95. The van der Waals surface area contributed by atoms with Crippen LogP contribution in [0.25, 0.3) is 0 Å². The van der Waals surface area contributed by atoms with Crippen LogP contribution in [-0.4, -0.2) is 30.3 Å². The Hall–Kier alpha value is -1.06. The van der Waals surface area contributed by atoms with Crippen LogP contribution in [0.2, 0.25) is 0 Å². The molecule has 0 spiro atoms. The van der Waals surface area contributed by atoms with Gasteiger partial charge in [-0.2, -0.15) is 0 Å². The molecule has 1 fully saturated rings. The number of para-hydroxylation sites is 1. The fourth-order valence-corrected chi connectivity index (χ4v) is 2.35. The van der Waals surface area contributed by atoms with Crippen molar-refractivity contribution in [2.45, 2.75) is 32.0 Å². The summed E-state index contributed by atoms with van der Waals surface area (Å²) in [6.45, 7) is 3.92. The Morgan fingerprint density at radius 3 is 2.88 bits per heavy atom. The number of likely N-dealkylation sites (tertiary alicyclic amines) is 1. The van der Waals surface area contributed by atoms with Crippen LogP contribution >= 0.6 is 0 Å². The van der Waals surface area contributed by atoms with Crippen molar-refractivity contribution < 1.29 is 4.74 Å². The van der Waals surface area contributed by atoms with E-state index in [1.807, 2.05) is 30.3 Å². The third-order valence-electron chi connectivity index (χ3n) is 3.21. The van der Waals surface area contributed by atoms with Gasteiger partial charge in [-0.25, -0.2) is 0 Å². The highest BCUT2D eigenvalue weighted by atomic mass is 16.5. The second-order valence-corrected chi connectivity index (χ2v) is 4.30. The van der Waals surface area contributed by atoms with Crippen LogP contribution in [0.3, 0.4) is 0 Å². The Labute approximate surface area is 97.2 Å². The van der Waals surface area contributed by atoms with Crippen molar-refractivity contribution in [3.8, 4) is 5.75 Å². The zero-order valence-corrected chi connectivity index (χ0v) is 9.80. The number of rotatable bonds is 4. The molecule has 1 aliphatic heterocycles. The van der Waals surface area contributed by atoms with E-state index in [9.17, 15) is 0 Å². The van der Waals surface area contributed by atoms with E-state index in [2.05, 4.69) is 11.8 Å². The van der Waals surface area contributed by atoms with Gasteiger partial charge in [-0.1, -0.05) is 18.2 Å². The Morgan fingerprint density at radius 2 is 2.19 bits per heavy atom. The van der Waals surface area contributed by atoms with Crippen LogP contribution < -0.4 is 10.5 Å². The summed E-state index contributed by atoms with van der Waals surface area (Å²) in [5.41, 5.74) is 5.76. The Bertz CT molecular complexity index is 315. The molecule has 0 bridgehead atoms. The molecule has 88 valence electrons. The van der Waals surface area contributed by atoms with Gasteiger partial charge in [-0.3, -0.25) is 4.90 Å². The molecule has 16 heavy (non-hydrogen) atoms. The smallest absolute Gasteiger partial charge is 0.150 e. The van der Waals surface area contributed by atoms with Crippen LogP contribution in [0.1, 0.15) is 19.8 Å². The van der Waals surface area contributed by atoms with E-state index in [0.29, 0.717) is 6.04 Å². The first-order valence-electron chi connectivity index (χ1n) is 5.99. The van der Waals surface area contributed by atoms with Crippen molar-refractivity contribution in [3.63, 3.8) is 0 Å². The van der Waals surface area contributed by atoms with E-state index in [4.69, 9.17) is 10.5 Å². The van der Waals surface area contributed by atoms with Crippen molar-refractivity contribution in [2.75, 3.05) is 13.1 Å². The van der Waals surface area contributed by atoms with E-state index < -0.39 is 0 Å². The van der Waals surface area contributed by atoms with Crippen LogP contribution in [-0.2, 0) is 0 Å². The molecule has 2 atom stereocenters. The molecule has 3 heteroatoms. The lowest BCUT2D eigenvalue weighted by Crippen LogP contribution is -2.44.